The highest BCUT2D eigenvalue weighted by atomic mass is 28.3. The lowest BCUT2D eigenvalue weighted by Crippen LogP contribution is -2.46. The Kier molecular flexibility index (Phi) is 3.63. The Balaban J connectivity index is 2.63. The zero-order valence-electron chi connectivity index (χ0n) is 12.9. The summed E-state index contributed by atoms with van der Waals surface area (Å²) in [7, 11) is 0.890. The maximum absolute atomic E-state index is 2.41. The normalized spacial score (nSPS) is 11.7. The quantitative estimate of drug-likeness (QED) is 0.582. The van der Waals surface area contributed by atoms with Crippen LogP contribution in [-0.2, 0) is 7.05 Å². The molecule has 2 rings (SSSR count). The molecule has 2 heteroatoms. The molecule has 1 aromatic heterocycles. The number of hydrogen-bond donors (Lipinski definition) is 0. The van der Waals surface area contributed by atoms with Crippen LogP contribution >= 0.6 is 0 Å². The van der Waals surface area contributed by atoms with Crippen molar-refractivity contribution in [2.45, 2.75) is 33.5 Å². The summed E-state index contributed by atoms with van der Waals surface area (Å²) in [6.45, 7) is 11.6. The lowest BCUT2D eigenvalue weighted by Gasteiger charge is -2.18. The molecule has 0 radical (unpaired) electrons. The molecule has 2 aromatic rings. The van der Waals surface area contributed by atoms with E-state index in [9.17, 15) is 0 Å². The maximum atomic E-state index is 2.41. The zero-order chi connectivity index (χ0) is 14.2. The molecule has 0 aliphatic carbocycles. The number of hydrogen-bond acceptors (Lipinski definition) is 0. The van der Waals surface area contributed by atoms with Crippen LogP contribution in [0.5, 0.6) is 0 Å². The second kappa shape index (κ2) is 4.93. The maximum Gasteiger partial charge on any atom is 0.212 e. The van der Waals surface area contributed by atoms with Gasteiger partial charge in [-0.2, -0.15) is 0 Å². The van der Waals surface area contributed by atoms with Crippen LogP contribution in [0, 0.1) is 13.8 Å². The Labute approximate surface area is 117 Å². The summed E-state index contributed by atoms with van der Waals surface area (Å²) in [5, 5.41) is 1.55. The molecule has 0 saturated heterocycles. The van der Waals surface area contributed by atoms with Gasteiger partial charge in [0.2, 0.25) is 5.69 Å². The van der Waals surface area contributed by atoms with E-state index >= 15 is 0 Å². The van der Waals surface area contributed by atoms with Gasteiger partial charge >= 0.3 is 0 Å². The Morgan fingerprint density at radius 3 is 2.16 bits per heavy atom. The Morgan fingerprint density at radius 1 is 0.947 bits per heavy atom. The highest BCUT2D eigenvalue weighted by molar-refractivity contribution is 6.88. The van der Waals surface area contributed by atoms with E-state index in [0.717, 1.165) is 0 Å². The molecule has 0 atom stereocenters. The first-order valence-corrected chi connectivity index (χ1v) is 10.4. The van der Waals surface area contributed by atoms with Crippen molar-refractivity contribution in [2.75, 3.05) is 0 Å². The largest absolute Gasteiger partial charge is 0.212 e. The molecular weight excluding hydrogens is 246 g/mol. The van der Waals surface area contributed by atoms with E-state index in [-0.39, 0.29) is 0 Å². The molecule has 0 N–H and O–H groups in total. The fourth-order valence-corrected chi connectivity index (χ4v) is 4.50. The number of aromatic nitrogens is 1. The first-order valence-electron chi connectivity index (χ1n) is 6.87. The van der Waals surface area contributed by atoms with Crippen LogP contribution in [0.2, 0.25) is 19.6 Å². The van der Waals surface area contributed by atoms with E-state index < -0.39 is 8.07 Å². The molecule has 0 aliphatic heterocycles. The molecule has 1 heterocycles. The zero-order valence-corrected chi connectivity index (χ0v) is 13.9. The molecule has 19 heavy (non-hydrogen) atoms. The standard InChI is InChI=1S/C17H24NSi/c1-13-9-7-8-10-15(13)16-11-14(2)17(12-18(16)3)19(4,5)6/h7-12H,1-6H3/q+1. The van der Waals surface area contributed by atoms with Crippen molar-refractivity contribution >= 4 is 13.3 Å². The number of nitrogens with zero attached hydrogens (tertiary/aromatic N) is 1. The van der Waals surface area contributed by atoms with E-state index in [1.165, 1.54) is 22.4 Å². The third kappa shape index (κ3) is 2.79. The smallest absolute Gasteiger partial charge is 0.201 e. The van der Waals surface area contributed by atoms with Crippen molar-refractivity contribution < 1.29 is 4.57 Å². The second-order valence-electron chi connectivity index (χ2n) is 6.43. The predicted octanol–water partition coefficient (Wildman–Crippen LogP) is 3.34. The van der Waals surface area contributed by atoms with Crippen LogP contribution in [0.4, 0.5) is 0 Å². The van der Waals surface area contributed by atoms with Crippen LogP contribution in [0.15, 0.2) is 36.5 Å². The van der Waals surface area contributed by atoms with Gasteiger partial charge in [-0.1, -0.05) is 37.8 Å². The minimum absolute atomic E-state index is 1.27. The predicted molar refractivity (Wildman–Crippen MR) is 85.5 cm³/mol. The van der Waals surface area contributed by atoms with Gasteiger partial charge in [-0.15, -0.1) is 0 Å². The topological polar surface area (TPSA) is 3.88 Å². The highest BCUT2D eigenvalue weighted by Crippen LogP contribution is 2.20. The Morgan fingerprint density at radius 2 is 1.58 bits per heavy atom. The van der Waals surface area contributed by atoms with Crippen molar-refractivity contribution in [1.29, 1.82) is 0 Å². The first kappa shape index (κ1) is 14.0. The number of rotatable bonds is 2. The SMILES string of the molecule is Cc1ccccc1-c1cc(C)c([Si](C)(C)C)c[n+]1C. The minimum atomic E-state index is -1.27. The fraction of sp³-hybridized carbons (Fsp3) is 0.353. The lowest BCUT2D eigenvalue weighted by atomic mass is 10.0. The highest BCUT2D eigenvalue weighted by Gasteiger charge is 2.24. The van der Waals surface area contributed by atoms with Crippen LogP contribution < -0.4 is 9.75 Å². The summed E-state index contributed by atoms with van der Waals surface area (Å²) in [6, 6.07) is 10.9. The summed E-state index contributed by atoms with van der Waals surface area (Å²) in [4.78, 5) is 0. The van der Waals surface area contributed by atoms with Crippen molar-refractivity contribution in [3.63, 3.8) is 0 Å². The lowest BCUT2D eigenvalue weighted by molar-refractivity contribution is -0.659. The summed E-state index contributed by atoms with van der Waals surface area (Å²) in [5.74, 6) is 0. The van der Waals surface area contributed by atoms with Gasteiger partial charge in [0.05, 0.1) is 8.07 Å². The van der Waals surface area contributed by atoms with Gasteiger partial charge in [0, 0.05) is 16.8 Å². The fourth-order valence-electron chi connectivity index (χ4n) is 2.66. The molecule has 100 valence electrons. The van der Waals surface area contributed by atoms with E-state index in [1.807, 2.05) is 0 Å². The Bertz CT molecular complexity index is 609. The monoisotopic (exact) mass is 270 g/mol. The van der Waals surface area contributed by atoms with Gasteiger partial charge in [0.15, 0.2) is 6.20 Å². The van der Waals surface area contributed by atoms with Crippen molar-refractivity contribution in [1.82, 2.24) is 0 Å². The van der Waals surface area contributed by atoms with Gasteiger partial charge in [-0.25, -0.2) is 4.57 Å². The van der Waals surface area contributed by atoms with Gasteiger partial charge in [0.1, 0.15) is 7.05 Å². The molecule has 1 nitrogen and oxygen atoms in total. The van der Waals surface area contributed by atoms with Crippen LogP contribution in [-0.4, -0.2) is 8.07 Å². The van der Waals surface area contributed by atoms with E-state index in [1.54, 1.807) is 5.19 Å². The summed E-state index contributed by atoms with van der Waals surface area (Å²) in [5.41, 5.74) is 5.39. The average Bonchev–Trinajstić information content (AvgIpc) is 2.31. The van der Waals surface area contributed by atoms with Crippen LogP contribution in [0.25, 0.3) is 11.3 Å². The van der Waals surface area contributed by atoms with Crippen LogP contribution in [0.3, 0.4) is 0 Å². The van der Waals surface area contributed by atoms with Crippen LogP contribution in [0.1, 0.15) is 11.1 Å². The average molecular weight is 270 g/mol. The van der Waals surface area contributed by atoms with Crippen molar-refractivity contribution in [3.8, 4) is 11.3 Å². The molecule has 1 aromatic carbocycles. The minimum Gasteiger partial charge on any atom is -0.201 e. The molecule has 0 bridgehead atoms. The van der Waals surface area contributed by atoms with Gasteiger partial charge in [-0.05, 0) is 31.0 Å². The third-order valence-electron chi connectivity index (χ3n) is 3.71. The number of aryl methyl sites for hydroxylation is 3. The second-order valence-corrected chi connectivity index (χ2v) is 11.5. The third-order valence-corrected chi connectivity index (χ3v) is 5.85. The first-order chi connectivity index (χ1) is 8.80. The summed E-state index contributed by atoms with van der Waals surface area (Å²) in [6.07, 6.45) is 2.34. The number of benzene rings is 1. The van der Waals surface area contributed by atoms with Crippen molar-refractivity contribution in [3.05, 3.63) is 47.7 Å². The van der Waals surface area contributed by atoms with E-state index in [2.05, 4.69) is 81.6 Å². The summed E-state index contributed by atoms with van der Waals surface area (Å²) >= 11 is 0. The molecule has 0 aliphatic rings. The van der Waals surface area contributed by atoms with Gasteiger partial charge < -0.3 is 0 Å². The molecule has 0 fully saturated rings. The molecule has 0 amide bonds. The summed E-state index contributed by atoms with van der Waals surface area (Å²) < 4.78 is 2.28. The van der Waals surface area contributed by atoms with Gasteiger partial charge in [-0.3, -0.25) is 0 Å². The Hall–Kier alpha value is -1.41. The van der Waals surface area contributed by atoms with Crippen molar-refractivity contribution in [2.24, 2.45) is 7.05 Å². The van der Waals surface area contributed by atoms with E-state index in [0.29, 0.717) is 0 Å². The number of pyridine rings is 1. The molecule has 0 saturated carbocycles. The van der Waals surface area contributed by atoms with Gasteiger partial charge in [0.25, 0.3) is 0 Å². The van der Waals surface area contributed by atoms with E-state index in [4.69, 9.17) is 0 Å². The molecule has 0 unspecified atom stereocenters. The molecular formula is C17H24NSi+. The molecule has 0 spiro atoms.